The van der Waals surface area contributed by atoms with E-state index in [2.05, 4.69) is 71.3 Å². The Morgan fingerprint density at radius 1 is 1.07 bits per heavy atom. The number of hydrogen-bond donors (Lipinski definition) is 1. The van der Waals surface area contributed by atoms with Crippen molar-refractivity contribution in [3.8, 4) is 0 Å². The van der Waals surface area contributed by atoms with Gasteiger partial charge in [-0.25, -0.2) is 9.50 Å². The van der Waals surface area contributed by atoms with E-state index in [9.17, 15) is 0 Å². The topological polar surface area (TPSA) is 48.7 Å². The van der Waals surface area contributed by atoms with Gasteiger partial charge in [0.2, 0.25) is 10.1 Å². The highest BCUT2D eigenvalue weighted by atomic mass is 32.1. The van der Waals surface area contributed by atoms with Crippen molar-refractivity contribution in [2.75, 3.05) is 49.5 Å². The summed E-state index contributed by atoms with van der Waals surface area (Å²) in [5.74, 6) is 0. The molecule has 7 heteroatoms. The molecular formula is C20H28N6S. The van der Waals surface area contributed by atoms with Crippen molar-refractivity contribution in [1.29, 1.82) is 0 Å². The Balaban J connectivity index is 1.24. The summed E-state index contributed by atoms with van der Waals surface area (Å²) in [5, 5.41) is 9.02. The standard InChI is InChI=1S/C20H28N6S/c1-20(2,3)17-15-26-19(22-17)27-18(23-26)21-9-10-24-11-13-25(14-12-24)16-7-5-4-6-8-16/h4-8,15H,9-14H2,1-3H3,(H,21,23). The summed E-state index contributed by atoms with van der Waals surface area (Å²) in [6.07, 6.45) is 2.04. The first-order valence-electron chi connectivity index (χ1n) is 9.62. The van der Waals surface area contributed by atoms with E-state index in [-0.39, 0.29) is 5.41 Å². The second-order valence-electron chi connectivity index (χ2n) is 8.10. The number of benzene rings is 1. The number of nitrogens with one attached hydrogen (secondary N) is 1. The number of fused-ring (bicyclic) bond motifs is 1. The third-order valence-electron chi connectivity index (χ3n) is 5.01. The zero-order valence-electron chi connectivity index (χ0n) is 16.4. The van der Waals surface area contributed by atoms with E-state index >= 15 is 0 Å². The lowest BCUT2D eigenvalue weighted by atomic mass is 9.93. The van der Waals surface area contributed by atoms with Crippen molar-refractivity contribution in [1.82, 2.24) is 19.5 Å². The first kappa shape index (κ1) is 18.3. The van der Waals surface area contributed by atoms with E-state index in [0.29, 0.717) is 0 Å². The third-order valence-corrected chi connectivity index (χ3v) is 5.89. The Bertz CT molecular complexity index is 839. The smallest absolute Gasteiger partial charge is 0.214 e. The quantitative estimate of drug-likeness (QED) is 0.731. The predicted octanol–water partition coefficient (Wildman–Crippen LogP) is 3.32. The number of nitrogens with zero attached hydrogens (tertiary/aromatic N) is 5. The van der Waals surface area contributed by atoms with Gasteiger partial charge in [-0.15, -0.1) is 5.10 Å². The number of aromatic nitrogens is 3. The fraction of sp³-hybridized carbons (Fsp3) is 0.500. The van der Waals surface area contributed by atoms with Gasteiger partial charge in [0.05, 0.1) is 11.9 Å². The molecule has 1 saturated heterocycles. The molecule has 1 aliphatic heterocycles. The highest BCUT2D eigenvalue weighted by molar-refractivity contribution is 7.20. The fourth-order valence-electron chi connectivity index (χ4n) is 3.32. The number of imidazole rings is 1. The van der Waals surface area contributed by atoms with E-state index in [1.165, 1.54) is 5.69 Å². The molecule has 1 aromatic carbocycles. The summed E-state index contributed by atoms with van der Waals surface area (Å²) in [6, 6.07) is 10.7. The zero-order chi connectivity index (χ0) is 18.9. The second kappa shape index (κ2) is 7.48. The Hall–Kier alpha value is -2.12. The molecule has 4 rings (SSSR count). The van der Waals surface area contributed by atoms with Crippen LogP contribution >= 0.6 is 11.3 Å². The summed E-state index contributed by atoms with van der Waals surface area (Å²) in [7, 11) is 0. The van der Waals surface area contributed by atoms with Gasteiger partial charge in [-0.05, 0) is 12.1 Å². The van der Waals surface area contributed by atoms with Gasteiger partial charge in [-0.3, -0.25) is 4.90 Å². The zero-order valence-corrected chi connectivity index (χ0v) is 17.2. The molecular weight excluding hydrogens is 356 g/mol. The fourth-order valence-corrected chi connectivity index (χ4v) is 4.13. The Kier molecular flexibility index (Phi) is 5.06. The highest BCUT2D eigenvalue weighted by Gasteiger charge is 2.20. The van der Waals surface area contributed by atoms with Crippen molar-refractivity contribution < 1.29 is 0 Å². The van der Waals surface area contributed by atoms with Gasteiger partial charge < -0.3 is 10.2 Å². The van der Waals surface area contributed by atoms with Crippen LogP contribution in [0.4, 0.5) is 10.8 Å². The highest BCUT2D eigenvalue weighted by Crippen LogP contribution is 2.25. The molecule has 27 heavy (non-hydrogen) atoms. The van der Waals surface area contributed by atoms with E-state index in [1.807, 2.05) is 10.7 Å². The maximum absolute atomic E-state index is 4.70. The molecule has 0 unspecified atom stereocenters. The van der Waals surface area contributed by atoms with E-state index in [0.717, 1.165) is 55.1 Å². The normalized spacial score (nSPS) is 16.2. The van der Waals surface area contributed by atoms with Crippen LogP contribution in [-0.4, -0.2) is 58.8 Å². The van der Waals surface area contributed by atoms with Gasteiger partial charge in [0.15, 0.2) is 0 Å². The van der Waals surface area contributed by atoms with Crippen molar-refractivity contribution in [2.45, 2.75) is 26.2 Å². The molecule has 0 radical (unpaired) electrons. The van der Waals surface area contributed by atoms with E-state index in [4.69, 9.17) is 4.98 Å². The van der Waals surface area contributed by atoms with Crippen LogP contribution in [0.25, 0.3) is 4.96 Å². The van der Waals surface area contributed by atoms with Gasteiger partial charge in [0.25, 0.3) is 0 Å². The molecule has 144 valence electrons. The van der Waals surface area contributed by atoms with Crippen LogP contribution < -0.4 is 10.2 Å². The van der Waals surface area contributed by atoms with Crippen LogP contribution in [0.3, 0.4) is 0 Å². The molecule has 0 aliphatic carbocycles. The molecule has 1 N–H and O–H groups in total. The Labute approximate surface area is 164 Å². The second-order valence-corrected chi connectivity index (χ2v) is 9.06. The van der Waals surface area contributed by atoms with Gasteiger partial charge in [0.1, 0.15) is 0 Å². The average Bonchev–Trinajstić information content (AvgIpc) is 3.22. The van der Waals surface area contributed by atoms with Crippen LogP contribution in [0.2, 0.25) is 0 Å². The number of piperazine rings is 1. The number of para-hydroxylation sites is 1. The molecule has 0 spiro atoms. The van der Waals surface area contributed by atoms with Gasteiger partial charge in [0, 0.05) is 50.4 Å². The van der Waals surface area contributed by atoms with Crippen LogP contribution in [0.15, 0.2) is 36.5 Å². The summed E-state index contributed by atoms with van der Waals surface area (Å²) in [5.41, 5.74) is 2.48. The predicted molar refractivity (Wildman–Crippen MR) is 113 cm³/mol. The minimum absolute atomic E-state index is 0.0584. The van der Waals surface area contributed by atoms with Crippen LogP contribution in [0.5, 0.6) is 0 Å². The van der Waals surface area contributed by atoms with Crippen molar-refractivity contribution >= 4 is 27.1 Å². The summed E-state index contributed by atoms with van der Waals surface area (Å²) in [6.45, 7) is 12.9. The van der Waals surface area contributed by atoms with Crippen molar-refractivity contribution in [3.05, 3.63) is 42.2 Å². The van der Waals surface area contributed by atoms with Gasteiger partial charge in [-0.2, -0.15) is 0 Å². The molecule has 3 heterocycles. The van der Waals surface area contributed by atoms with Crippen LogP contribution in [0, 0.1) is 0 Å². The summed E-state index contributed by atoms with van der Waals surface area (Å²) < 4.78 is 1.90. The molecule has 3 aromatic rings. The molecule has 0 atom stereocenters. The van der Waals surface area contributed by atoms with Crippen LogP contribution in [-0.2, 0) is 5.41 Å². The lowest BCUT2D eigenvalue weighted by Crippen LogP contribution is -2.47. The maximum Gasteiger partial charge on any atom is 0.214 e. The van der Waals surface area contributed by atoms with Crippen LogP contribution in [0.1, 0.15) is 26.5 Å². The lowest BCUT2D eigenvalue weighted by molar-refractivity contribution is 0.267. The van der Waals surface area contributed by atoms with Gasteiger partial charge in [-0.1, -0.05) is 50.3 Å². The minimum atomic E-state index is 0.0584. The first-order chi connectivity index (χ1) is 13.0. The molecule has 1 fully saturated rings. The van der Waals surface area contributed by atoms with E-state index < -0.39 is 0 Å². The molecule has 0 bridgehead atoms. The number of hydrogen-bond acceptors (Lipinski definition) is 6. The largest absolute Gasteiger partial charge is 0.369 e. The minimum Gasteiger partial charge on any atom is -0.369 e. The monoisotopic (exact) mass is 384 g/mol. The molecule has 6 nitrogen and oxygen atoms in total. The summed E-state index contributed by atoms with van der Waals surface area (Å²) >= 11 is 1.62. The number of rotatable bonds is 5. The molecule has 2 aromatic heterocycles. The van der Waals surface area contributed by atoms with Crippen molar-refractivity contribution in [2.24, 2.45) is 0 Å². The maximum atomic E-state index is 4.70. The van der Waals surface area contributed by atoms with Gasteiger partial charge >= 0.3 is 0 Å². The Morgan fingerprint density at radius 3 is 2.48 bits per heavy atom. The molecule has 0 saturated carbocycles. The SMILES string of the molecule is CC(C)(C)c1cn2nc(NCCN3CCN(c4ccccc4)CC3)sc2n1. The van der Waals surface area contributed by atoms with E-state index in [1.54, 1.807) is 11.3 Å². The third kappa shape index (κ3) is 4.25. The van der Waals surface area contributed by atoms with Crippen molar-refractivity contribution in [3.63, 3.8) is 0 Å². The number of anilines is 2. The molecule has 0 amide bonds. The average molecular weight is 385 g/mol. The first-order valence-corrected chi connectivity index (χ1v) is 10.4. The molecule has 1 aliphatic rings. The summed E-state index contributed by atoms with van der Waals surface area (Å²) in [4.78, 5) is 10.6. The lowest BCUT2D eigenvalue weighted by Gasteiger charge is -2.36. The Morgan fingerprint density at radius 2 is 1.81 bits per heavy atom.